The van der Waals surface area contributed by atoms with Gasteiger partial charge in [-0.1, -0.05) is 0 Å². The van der Waals surface area contributed by atoms with Gasteiger partial charge in [0.1, 0.15) is 0 Å². The summed E-state index contributed by atoms with van der Waals surface area (Å²) in [5, 5.41) is 8.36. The van der Waals surface area contributed by atoms with E-state index < -0.39 is 21.8 Å². The molecule has 0 aliphatic rings. The summed E-state index contributed by atoms with van der Waals surface area (Å²) >= 11 is 0. The molecule has 24 heavy (non-hydrogen) atoms. The second kappa shape index (κ2) is 8.73. The molecule has 128 valence electrons. The van der Waals surface area contributed by atoms with Gasteiger partial charge in [0.2, 0.25) is 0 Å². The lowest BCUT2D eigenvalue weighted by Crippen LogP contribution is -2.06. The second-order valence-corrected chi connectivity index (χ2v) is 6.78. The molecule has 0 fully saturated rings. The number of carboxylic acids is 1. The third-order valence-electron chi connectivity index (χ3n) is 2.58. The molecule has 2 aromatic heterocycles. The average Bonchev–Trinajstić information content (AvgIpc) is 2.54. The quantitative estimate of drug-likeness (QED) is 0.814. The molecule has 0 radical (unpaired) electrons. The van der Waals surface area contributed by atoms with Crippen molar-refractivity contribution in [1.29, 1.82) is 0 Å². The zero-order valence-electron chi connectivity index (χ0n) is 13.0. The molecule has 2 heterocycles. The minimum Gasteiger partial charge on any atom is -0.478 e. The van der Waals surface area contributed by atoms with Crippen molar-refractivity contribution in [1.82, 2.24) is 9.97 Å². The predicted octanol–water partition coefficient (Wildman–Crippen LogP) is 1.19. The first-order chi connectivity index (χ1) is 11.2. The molecule has 1 N–H and O–H groups in total. The number of carboxylic acid groups (broad SMARTS) is 1. The molecule has 0 aliphatic carbocycles. The van der Waals surface area contributed by atoms with E-state index in [2.05, 4.69) is 14.7 Å². The number of methoxy groups -OCH3 is 1. The van der Waals surface area contributed by atoms with E-state index in [-0.39, 0.29) is 11.3 Å². The van der Waals surface area contributed by atoms with Gasteiger partial charge in [-0.3, -0.25) is 9.97 Å². The maximum Gasteiger partial charge on any atom is 0.337 e. The highest BCUT2D eigenvalue weighted by Crippen LogP contribution is 2.06. The number of carbonyl (C=O) groups is 2. The van der Waals surface area contributed by atoms with E-state index in [0.29, 0.717) is 11.3 Å². The average molecular weight is 352 g/mol. The van der Waals surface area contributed by atoms with Crippen molar-refractivity contribution >= 4 is 21.8 Å². The summed E-state index contributed by atoms with van der Waals surface area (Å²) in [6.07, 6.45) is 5.39. The number of pyridine rings is 2. The Hall–Kier alpha value is -2.81. The molecular formula is C15H16N2O6S. The Kier molecular flexibility index (Phi) is 6.99. The molecule has 0 amide bonds. The summed E-state index contributed by atoms with van der Waals surface area (Å²) < 4.78 is 26.5. The summed E-state index contributed by atoms with van der Waals surface area (Å²) in [4.78, 5) is 28.8. The number of sulfone groups is 1. The fraction of sp³-hybridized carbons (Fsp3) is 0.200. The molecule has 0 saturated heterocycles. The van der Waals surface area contributed by atoms with Crippen molar-refractivity contribution in [2.45, 2.75) is 5.75 Å². The van der Waals surface area contributed by atoms with Crippen LogP contribution in [0.5, 0.6) is 0 Å². The van der Waals surface area contributed by atoms with E-state index in [4.69, 9.17) is 5.11 Å². The predicted molar refractivity (Wildman–Crippen MR) is 85.3 cm³/mol. The molecule has 0 saturated carbocycles. The number of aromatic nitrogens is 2. The Morgan fingerprint density at radius 3 is 2.17 bits per heavy atom. The number of nitrogens with zero attached hydrogens (tertiary/aromatic N) is 2. The van der Waals surface area contributed by atoms with Crippen LogP contribution in [0.25, 0.3) is 0 Å². The van der Waals surface area contributed by atoms with E-state index in [0.717, 1.165) is 6.26 Å². The minimum atomic E-state index is -3.14. The monoisotopic (exact) mass is 352 g/mol. The fourth-order valence-corrected chi connectivity index (χ4v) is 2.26. The maximum absolute atomic E-state index is 11.1. The number of carbonyl (C=O) groups excluding carboxylic acids is 1. The lowest BCUT2D eigenvalue weighted by molar-refractivity contribution is 0.0599. The first-order valence-electron chi connectivity index (χ1n) is 6.57. The van der Waals surface area contributed by atoms with E-state index in [1.165, 1.54) is 50.0 Å². The highest BCUT2D eigenvalue weighted by Gasteiger charge is 2.10. The number of hydrogen-bond donors (Lipinski definition) is 1. The van der Waals surface area contributed by atoms with Crippen LogP contribution in [0.3, 0.4) is 0 Å². The van der Waals surface area contributed by atoms with Gasteiger partial charge < -0.3 is 9.84 Å². The van der Waals surface area contributed by atoms with Gasteiger partial charge in [-0.2, -0.15) is 0 Å². The molecule has 2 aromatic rings. The minimum absolute atomic E-state index is 0.183. The lowest BCUT2D eigenvalue weighted by Gasteiger charge is -2.01. The van der Waals surface area contributed by atoms with E-state index in [1.807, 2.05) is 0 Å². The van der Waals surface area contributed by atoms with Gasteiger partial charge in [0.15, 0.2) is 9.84 Å². The first-order valence-corrected chi connectivity index (χ1v) is 8.63. The smallest absolute Gasteiger partial charge is 0.337 e. The summed E-state index contributed by atoms with van der Waals surface area (Å²) in [7, 11) is -1.88. The number of rotatable bonds is 4. The van der Waals surface area contributed by atoms with Crippen LogP contribution in [0.4, 0.5) is 0 Å². The van der Waals surface area contributed by atoms with Gasteiger partial charge in [0.25, 0.3) is 0 Å². The van der Waals surface area contributed by atoms with Gasteiger partial charge >= 0.3 is 11.9 Å². The normalized spacial score (nSPS) is 10.2. The van der Waals surface area contributed by atoms with Crippen molar-refractivity contribution in [2.75, 3.05) is 13.4 Å². The van der Waals surface area contributed by atoms with Crippen molar-refractivity contribution in [3.05, 3.63) is 59.7 Å². The number of ether oxygens (including phenoxy) is 1. The molecule has 9 heteroatoms. The molecule has 0 aliphatic heterocycles. The number of esters is 1. The molecule has 0 spiro atoms. The van der Waals surface area contributed by atoms with Gasteiger partial charge in [0.05, 0.1) is 29.7 Å². The third kappa shape index (κ3) is 6.97. The largest absolute Gasteiger partial charge is 0.478 e. The standard InChI is InChI=1S/C9H11NO4S.C6H5NO2/c1-14-9(11)7-3-4-10-8(5-7)6-15(2,12)13;8-6(9)5-1-3-7-4-2-5/h3-5H,6H2,1-2H3;1-4H,(H,8,9). The zero-order chi connectivity index (χ0) is 18.2. The Labute approximate surface area is 139 Å². The highest BCUT2D eigenvalue weighted by atomic mass is 32.2. The molecule has 8 nitrogen and oxygen atoms in total. The van der Waals surface area contributed by atoms with E-state index in [1.54, 1.807) is 0 Å². The van der Waals surface area contributed by atoms with Crippen LogP contribution in [-0.2, 0) is 20.3 Å². The fourth-order valence-electron chi connectivity index (χ4n) is 1.57. The number of aromatic carboxylic acids is 1. The van der Waals surface area contributed by atoms with Crippen LogP contribution >= 0.6 is 0 Å². The van der Waals surface area contributed by atoms with Crippen LogP contribution in [0, 0.1) is 0 Å². The Morgan fingerprint density at radius 1 is 1.12 bits per heavy atom. The van der Waals surface area contributed by atoms with Gasteiger partial charge in [-0.15, -0.1) is 0 Å². The molecule has 0 bridgehead atoms. The molecule has 2 rings (SSSR count). The van der Waals surface area contributed by atoms with E-state index >= 15 is 0 Å². The van der Waals surface area contributed by atoms with Crippen molar-refractivity contribution < 1.29 is 27.9 Å². The van der Waals surface area contributed by atoms with Gasteiger partial charge in [0, 0.05) is 24.8 Å². The van der Waals surface area contributed by atoms with Crippen LogP contribution in [-0.4, -0.2) is 48.8 Å². The summed E-state index contributed by atoms with van der Waals surface area (Å²) in [5.74, 6) is -1.61. The Bertz CT molecular complexity index is 806. The van der Waals surface area contributed by atoms with Gasteiger partial charge in [-0.25, -0.2) is 18.0 Å². The van der Waals surface area contributed by atoms with Crippen LogP contribution in [0.2, 0.25) is 0 Å². The number of hydrogen-bond acceptors (Lipinski definition) is 7. The van der Waals surface area contributed by atoms with E-state index in [9.17, 15) is 18.0 Å². The molecular weight excluding hydrogens is 336 g/mol. The first kappa shape index (κ1) is 19.2. The Morgan fingerprint density at radius 2 is 1.71 bits per heavy atom. The third-order valence-corrected chi connectivity index (χ3v) is 3.40. The zero-order valence-corrected chi connectivity index (χ0v) is 13.9. The van der Waals surface area contributed by atoms with Crippen LogP contribution in [0.15, 0.2) is 42.9 Å². The molecule has 0 unspecified atom stereocenters. The SMILES string of the molecule is COC(=O)c1ccnc(CS(C)(=O)=O)c1.O=C(O)c1ccncc1. The van der Waals surface area contributed by atoms with Crippen molar-refractivity contribution in [2.24, 2.45) is 0 Å². The molecule has 0 aromatic carbocycles. The summed E-state index contributed by atoms with van der Waals surface area (Å²) in [6.45, 7) is 0. The van der Waals surface area contributed by atoms with Crippen LogP contribution in [0.1, 0.15) is 26.4 Å². The van der Waals surface area contributed by atoms with Crippen LogP contribution < -0.4 is 0 Å². The Balaban J connectivity index is 0.000000272. The summed E-state index contributed by atoms with van der Waals surface area (Å²) in [5.41, 5.74) is 0.900. The lowest BCUT2D eigenvalue weighted by atomic mass is 10.2. The second-order valence-electron chi connectivity index (χ2n) is 4.64. The topological polar surface area (TPSA) is 124 Å². The maximum atomic E-state index is 11.1. The summed E-state index contributed by atoms with van der Waals surface area (Å²) in [6, 6.07) is 5.77. The van der Waals surface area contributed by atoms with Crippen molar-refractivity contribution in [3.8, 4) is 0 Å². The molecule has 0 atom stereocenters. The van der Waals surface area contributed by atoms with Gasteiger partial charge in [-0.05, 0) is 24.3 Å². The van der Waals surface area contributed by atoms with Crippen molar-refractivity contribution in [3.63, 3.8) is 0 Å². The highest BCUT2D eigenvalue weighted by molar-refractivity contribution is 7.89.